The second-order valence-corrected chi connectivity index (χ2v) is 5.92. The van der Waals surface area contributed by atoms with Gasteiger partial charge in [-0.25, -0.2) is 0 Å². The summed E-state index contributed by atoms with van der Waals surface area (Å²) in [5.41, 5.74) is -0.408. The Hall–Kier alpha value is -0.0900. The maximum absolute atomic E-state index is 11.6. The third-order valence-corrected chi connectivity index (χ3v) is 3.02. The van der Waals surface area contributed by atoms with Gasteiger partial charge in [0.1, 0.15) is 0 Å². The van der Waals surface area contributed by atoms with Crippen molar-refractivity contribution in [3.63, 3.8) is 0 Å². The molecule has 1 heterocycles. The monoisotopic (exact) mass is 277 g/mol. The highest BCUT2D eigenvalue weighted by Gasteiger charge is 2.30. The number of hydrogen-bond acceptors (Lipinski definition) is 3. The number of ether oxygens (including phenoxy) is 1. The first-order valence-corrected chi connectivity index (χ1v) is 6.56. The number of rotatable bonds is 3. The van der Waals surface area contributed by atoms with Gasteiger partial charge in [0.2, 0.25) is 0 Å². The van der Waals surface area contributed by atoms with Crippen LogP contribution in [0, 0.1) is 11.3 Å². The Bertz CT molecular complexity index is 225. The lowest BCUT2D eigenvalue weighted by Gasteiger charge is -2.20. The Morgan fingerprint density at radius 2 is 2.20 bits per heavy atom. The third-order valence-electron chi connectivity index (χ3n) is 2.56. The molecule has 0 radical (unpaired) electrons. The van der Waals surface area contributed by atoms with E-state index in [1.807, 2.05) is 20.8 Å². The normalized spacial score (nSPS) is 26.7. The second kappa shape index (κ2) is 5.30. The average Bonchev–Trinajstić information content (AvgIpc) is 2.51. The zero-order valence-electron chi connectivity index (χ0n) is 9.68. The summed E-state index contributed by atoms with van der Waals surface area (Å²) in [6.45, 7) is 6.58. The van der Waals surface area contributed by atoms with E-state index in [9.17, 15) is 4.79 Å². The number of hydrogen-bond donors (Lipinski definition) is 1. The van der Waals surface area contributed by atoms with Crippen LogP contribution in [-0.2, 0) is 9.53 Å². The van der Waals surface area contributed by atoms with E-state index in [4.69, 9.17) is 4.74 Å². The van der Waals surface area contributed by atoms with Gasteiger partial charge < -0.3 is 4.74 Å². The number of halogens is 1. The quantitative estimate of drug-likeness (QED) is 0.636. The van der Waals surface area contributed by atoms with Crippen molar-refractivity contribution in [2.75, 3.05) is 11.9 Å². The molecule has 1 saturated heterocycles. The van der Waals surface area contributed by atoms with Crippen LogP contribution >= 0.6 is 15.9 Å². The number of carbonyl (C=O) groups excluding carboxylic acids is 1. The molecular weight excluding hydrogens is 258 g/mol. The fraction of sp³-hybridized carbons (Fsp3) is 0.909. The van der Waals surface area contributed by atoms with Crippen LogP contribution in [0.4, 0.5) is 0 Å². The first kappa shape index (κ1) is 13.0. The van der Waals surface area contributed by atoms with E-state index in [0.29, 0.717) is 5.92 Å². The van der Waals surface area contributed by atoms with Crippen LogP contribution in [0.25, 0.3) is 0 Å². The number of alkyl halides is 1. The molecule has 15 heavy (non-hydrogen) atoms. The van der Waals surface area contributed by atoms with Crippen molar-refractivity contribution in [3.05, 3.63) is 0 Å². The van der Waals surface area contributed by atoms with Crippen molar-refractivity contribution in [1.82, 2.24) is 5.32 Å². The van der Waals surface area contributed by atoms with Gasteiger partial charge in [-0.05, 0) is 33.1 Å². The first-order chi connectivity index (χ1) is 6.93. The fourth-order valence-corrected chi connectivity index (χ4v) is 2.18. The van der Waals surface area contributed by atoms with Gasteiger partial charge in [0, 0.05) is 18.3 Å². The first-order valence-electron chi connectivity index (χ1n) is 5.44. The van der Waals surface area contributed by atoms with Crippen molar-refractivity contribution in [2.45, 2.75) is 39.8 Å². The molecule has 3 nitrogen and oxygen atoms in total. The predicted octanol–water partition coefficient (Wildman–Crippen LogP) is 2.30. The highest BCUT2D eigenvalue weighted by molar-refractivity contribution is 9.09. The average molecular weight is 278 g/mol. The van der Waals surface area contributed by atoms with E-state index in [1.54, 1.807) is 0 Å². The van der Waals surface area contributed by atoms with E-state index in [-0.39, 0.29) is 12.2 Å². The predicted molar refractivity (Wildman–Crippen MR) is 63.9 cm³/mol. The third kappa shape index (κ3) is 4.11. The van der Waals surface area contributed by atoms with Crippen LogP contribution in [0.1, 0.15) is 33.6 Å². The molecule has 4 heteroatoms. The molecule has 1 aliphatic heterocycles. The summed E-state index contributed by atoms with van der Waals surface area (Å²) in [7, 11) is 0. The smallest absolute Gasteiger partial charge is 0.312 e. The highest BCUT2D eigenvalue weighted by Crippen LogP contribution is 2.22. The van der Waals surface area contributed by atoms with E-state index in [0.717, 1.165) is 24.7 Å². The van der Waals surface area contributed by atoms with Gasteiger partial charge in [0.15, 0.2) is 6.23 Å². The Kier molecular flexibility index (Phi) is 4.59. The van der Waals surface area contributed by atoms with Crippen LogP contribution in [0.2, 0.25) is 0 Å². The highest BCUT2D eigenvalue weighted by atomic mass is 79.9. The molecule has 1 rings (SSSR count). The lowest BCUT2D eigenvalue weighted by Crippen LogP contribution is -2.33. The van der Waals surface area contributed by atoms with Gasteiger partial charge in [-0.15, -0.1) is 0 Å². The summed E-state index contributed by atoms with van der Waals surface area (Å²) in [5.74, 6) is 0.502. The molecule has 0 saturated carbocycles. The fourth-order valence-electron chi connectivity index (χ4n) is 1.54. The number of esters is 1. The van der Waals surface area contributed by atoms with Crippen LogP contribution in [0.5, 0.6) is 0 Å². The van der Waals surface area contributed by atoms with Crippen LogP contribution in [0.3, 0.4) is 0 Å². The summed E-state index contributed by atoms with van der Waals surface area (Å²) < 4.78 is 5.39. The van der Waals surface area contributed by atoms with Gasteiger partial charge in [-0.1, -0.05) is 15.9 Å². The van der Waals surface area contributed by atoms with Gasteiger partial charge in [-0.3, -0.25) is 10.1 Å². The van der Waals surface area contributed by atoms with E-state index in [1.165, 1.54) is 0 Å². The van der Waals surface area contributed by atoms with Crippen molar-refractivity contribution >= 4 is 21.9 Å². The van der Waals surface area contributed by atoms with Gasteiger partial charge in [0.25, 0.3) is 0 Å². The molecule has 0 aromatic heterocycles. The minimum absolute atomic E-state index is 0.0826. The molecule has 2 unspecified atom stereocenters. The van der Waals surface area contributed by atoms with Gasteiger partial charge >= 0.3 is 5.97 Å². The molecule has 0 aromatic carbocycles. The molecule has 0 bridgehead atoms. The molecule has 1 N–H and O–H groups in total. The zero-order chi connectivity index (χ0) is 11.5. The van der Waals surface area contributed by atoms with Crippen molar-refractivity contribution in [1.29, 1.82) is 0 Å². The number of carbonyl (C=O) groups is 1. The SMILES string of the molecule is CC(C)(C)C(=O)OC1CC(CCBr)CN1. The number of nitrogens with one attached hydrogen (secondary N) is 1. The van der Waals surface area contributed by atoms with Gasteiger partial charge in [0.05, 0.1) is 5.41 Å². The van der Waals surface area contributed by atoms with Crippen molar-refractivity contribution in [2.24, 2.45) is 11.3 Å². The van der Waals surface area contributed by atoms with E-state index < -0.39 is 5.41 Å². The molecule has 0 aliphatic carbocycles. The standard InChI is InChI=1S/C11H20BrNO2/c1-11(2,3)10(14)15-9-6-8(4-5-12)7-13-9/h8-9,13H,4-7H2,1-3H3. The summed E-state index contributed by atoms with van der Waals surface area (Å²) in [6, 6.07) is 0. The lowest BCUT2D eigenvalue weighted by molar-refractivity contribution is -0.159. The zero-order valence-corrected chi connectivity index (χ0v) is 11.3. The summed E-state index contributed by atoms with van der Waals surface area (Å²) >= 11 is 3.43. The molecular formula is C11H20BrNO2. The molecule has 0 spiro atoms. The molecule has 88 valence electrons. The van der Waals surface area contributed by atoms with Crippen LogP contribution < -0.4 is 5.32 Å². The lowest BCUT2D eigenvalue weighted by atomic mass is 9.97. The maximum Gasteiger partial charge on any atom is 0.312 e. The van der Waals surface area contributed by atoms with E-state index in [2.05, 4.69) is 21.2 Å². The minimum atomic E-state index is -0.408. The van der Waals surface area contributed by atoms with E-state index >= 15 is 0 Å². The second-order valence-electron chi connectivity index (χ2n) is 5.13. The Morgan fingerprint density at radius 3 is 2.73 bits per heavy atom. The summed E-state index contributed by atoms with van der Waals surface area (Å²) in [5, 5.41) is 4.24. The van der Waals surface area contributed by atoms with Crippen LogP contribution in [0.15, 0.2) is 0 Å². The Balaban J connectivity index is 2.33. The molecule has 0 aromatic rings. The Labute approximate surface area is 100 Å². The minimum Gasteiger partial charge on any atom is -0.446 e. The Morgan fingerprint density at radius 1 is 1.53 bits per heavy atom. The summed E-state index contributed by atoms with van der Waals surface area (Å²) in [6.07, 6.45) is 1.99. The largest absolute Gasteiger partial charge is 0.446 e. The van der Waals surface area contributed by atoms with Crippen molar-refractivity contribution < 1.29 is 9.53 Å². The van der Waals surface area contributed by atoms with Crippen molar-refractivity contribution in [3.8, 4) is 0 Å². The molecule has 2 atom stereocenters. The maximum atomic E-state index is 11.6. The van der Waals surface area contributed by atoms with Crippen LogP contribution in [-0.4, -0.2) is 24.1 Å². The van der Waals surface area contributed by atoms with Gasteiger partial charge in [-0.2, -0.15) is 0 Å². The molecule has 1 aliphatic rings. The molecule has 0 amide bonds. The molecule has 1 fully saturated rings. The topological polar surface area (TPSA) is 38.3 Å². The summed E-state index contributed by atoms with van der Waals surface area (Å²) in [4.78, 5) is 11.6.